The van der Waals surface area contributed by atoms with Gasteiger partial charge in [0, 0.05) is 30.1 Å². The van der Waals surface area contributed by atoms with Gasteiger partial charge in [-0.05, 0) is 45.2 Å². The topological polar surface area (TPSA) is 90.3 Å². The van der Waals surface area contributed by atoms with Gasteiger partial charge in [0.1, 0.15) is 17.1 Å². The number of hydrogen-bond acceptors (Lipinski definition) is 7. The highest BCUT2D eigenvalue weighted by atomic mass is 19.1. The fraction of sp³-hybridized carbons (Fsp3) is 0.450. The Labute approximate surface area is 162 Å². The monoisotopic (exact) mass is 385 g/mol. The molecule has 0 amide bonds. The van der Waals surface area contributed by atoms with Gasteiger partial charge in [0.25, 0.3) is 5.89 Å². The van der Waals surface area contributed by atoms with Crippen molar-refractivity contribution in [1.29, 1.82) is 0 Å². The van der Waals surface area contributed by atoms with Crippen LogP contribution in [-0.4, -0.2) is 40.9 Å². The molecule has 0 saturated carbocycles. The predicted octanol–water partition coefficient (Wildman–Crippen LogP) is 3.37. The van der Waals surface area contributed by atoms with Crippen molar-refractivity contribution in [3.05, 3.63) is 29.3 Å². The number of fused-ring (bicyclic) bond motifs is 1. The highest BCUT2D eigenvalue weighted by molar-refractivity contribution is 5.93. The summed E-state index contributed by atoms with van der Waals surface area (Å²) in [6, 6.07) is 3.46. The van der Waals surface area contributed by atoms with Crippen LogP contribution in [0.1, 0.15) is 31.2 Å². The first-order chi connectivity index (χ1) is 13.4. The second-order valence-corrected chi connectivity index (χ2v) is 7.41. The SMILES string of the molecule is COc1cc(F)c2nc(N3CCC(N)CC3C)c(-c3nc(C)no3)c(C)c2c1. The zero-order valence-corrected chi connectivity index (χ0v) is 16.5. The molecule has 0 aliphatic carbocycles. The number of nitrogens with zero attached hydrogens (tertiary/aromatic N) is 4. The summed E-state index contributed by atoms with van der Waals surface area (Å²) in [6.45, 7) is 6.52. The molecule has 3 aromatic rings. The zero-order valence-electron chi connectivity index (χ0n) is 16.5. The van der Waals surface area contributed by atoms with Gasteiger partial charge in [0.05, 0.1) is 12.7 Å². The molecule has 7 nitrogen and oxygen atoms in total. The number of piperidine rings is 1. The molecule has 2 aromatic heterocycles. The van der Waals surface area contributed by atoms with E-state index in [0.29, 0.717) is 34.2 Å². The summed E-state index contributed by atoms with van der Waals surface area (Å²) in [7, 11) is 1.51. The van der Waals surface area contributed by atoms with E-state index in [9.17, 15) is 4.39 Å². The van der Waals surface area contributed by atoms with E-state index < -0.39 is 5.82 Å². The van der Waals surface area contributed by atoms with Crippen molar-refractivity contribution in [2.24, 2.45) is 5.73 Å². The molecule has 148 valence electrons. The minimum atomic E-state index is -0.423. The number of aromatic nitrogens is 3. The van der Waals surface area contributed by atoms with Crippen molar-refractivity contribution in [3.8, 4) is 17.2 Å². The fourth-order valence-electron chi connectivity index (χ4n) is 3.94. The van der Waals surface area contributed by atoms with Gasteiger partial charge in [-0.1, -0.05) is 5.16 Å². The van der Waals surface area contributed by atoms with Gasteiger partial charge in [-0.2, -0.15) is 4.98 Å². The number of aryl methyl sites for hydroxylation is 2. The van der Waals surface area contributed by atoms with E-state index >= 15 is 0 Å². The summed E-state index contributed by atoms with van der Waals surface area (Å²) in [5.74, 6) is 1.58. The van der Waals surface area contributed by atoms with Crippen molar-refractivity contribution >= 4 is 16.7 Å². The lowest BCUT2D eigenvalue weighted by Gasteiger charge is -2.38. The molecule has 1 aromatic carbocycles. The Balaban J connectivity index is 2.00. The Morgan fingerprint density at radius 3 is 2.71 bits per heavy atom. The van der Waals surface area contributed by atoms with Crippen LogP contribution in [-0.2, 0) is 0 Å². The largest absolute Gasteiger partial charge is 0.497 e. The number of rotatable bonds is 3. The number of nitrogens with two attached hydrogens (primary N) is 1. The van der Waals surface area contributed by atoms with Crippen LogP contribution in [0.2, 0.25) is 0 Å². The number of methoxy groups -OCH3 is 1. The number of pyridine rings is 1. The van der Waals surface area contributed by atoms with Crippen LogP contribution in [0.15, 0.2) is 16.7 Å². The molecule has 4 rings (SSSR count). The molecule has 2 N–H and O–H groups in total. The molecular formula is C20H24FN5O2. The molecule has 1 saturated heterocycles. The average molecular weight is 385 g/mol. The molecular weight excluding hydrogens is 361 g/mol. The molecule has 0 bridgehead atoms. The molecule has 2 unspecified atom stereocenters. The second kappa shape index (κ2) is 7.01. The van der Waals surface area contributed by atoms with Gasteiger partial charge in [-0.3, -0.25) is 0 Å². The normalized spacial score (nSPS) is 20.0. The molecule has 8 heteroatoms. The lowest BCUT2D eigenvalue weighted by Crippen LogP contribution is -2.46. The number of hydrogen-bond donors (Lipinski definition) is 1. The summed E-state index contributed by atoms with van der Waals surface area (Å²) >= 11 is 0. The quantitative estimate of drug-likeness (QED) is 0.739. The summed E-state index contributed by atoms with van der Waals surface area (Å²) in [4.78, 5) is 11.3. The molecule has 0 spiro atoms. The van der Waals surface area contributed by atoms with E-state index in [1.807, 2.05) is 6.92 Å². The van der Waals surface area contributed by atoms with Crippen LogP contribution >= 0.6 is 0 Å². The van der Waals surface area contributed by atoms with Gasteiger partial charge in [-0.25, -0.2) is 9.37 Å². The van der Waals surface area contributed by atoms with E-state index in [1.54, 1.807) is 13.0 Å². The molecule has 1 aliphatic rings. The van der Waals surface area contributed by atoms with Crippen molar-refractivity contribution < 1.29 is 13.7 Å². The Kier molecular flexibility index (Phi) is 4.66. The second-order valence-electron chi connectivity index (χ2n) is 7.41. The van der Waals surface area contributed by atoms with Crippen LogP contribution in [0.5, 0.6) is 5.75 Å². The Bertz CT molecular complexity index is 1040. The van der Waals surface area contributed by atoms with E-state index in [4.69, 9.17) is 20.0 Å². The third-order valence-corrected chi connectivity index (χ3v) is 5.42. The summed E-state index contributed by atoms with van der Waals surface area (Å²) < 4.78 is 25.5. The first kappa shape index (κ1) is 18.6. The number of benzene rings is 1. The van der Waals surface area contributed by atoms with Crippen molar-refractivity contribution in [2.45, 2.75) is 45.7 Å². The van der Waals surface area contributed by atoms with Gasteiger partial charge in [-0.15, -0.1) is 0 Å². The third-order valence-electron chi connectivity index (χ3n) is 5.42. The Morgan fingerprint density at radius 2 is 2.07 bits per heavy atom. The van der Waals surface area contributed by atoms with Crippen LogP contribution in [0.25, 0.3) is 22.4 Å². The van der Waals surface area contributed by atoms with Crippen molar-refractivity contribution in [1.82, 2.24) is 15.1 Å². The smallest absolute Gasteiger partial charge is 0.261 e. The summed E-state index contributed by atoms with van der Waals surface area (Å²) in [5, 5.41) is 4.59. The maximum absolute atomic E-state index is 14.8. The van der Waals surface area contributed by atoms with Gasteiger partial charge in [0.15, 0.2) is 11.6 Å². The van der Waals surface area contributed by atoms with Crippen LogP contribution in [0.3, 0.4) is 0 Å². The molecule has 1 fully saturated rings. The molecule has 3 heterocycles. The number of anilines is 1. The number of halogens is 1. The number of ether oxygens (including phenoxy) is 1. The Morgan fingerprint density at radius 1 is 1.29 bits per heavy atom. The maximum atomic E-state index is 14.8. The van der Waals surface area contributed by atoms with E-state index in [2.05, 4.69) is 22.0 Å². The zero-order chi connectivity index (χ0) is 20.0. The van der Waals surface area contributed by atoms with E-state index in [0.717, 1.165) is 30.5 Å². The maximum Gasteiger partial charge on any atom is 0.261 e. The van der Waals surface area contributed by atoms with Crippen LogP contribution in [0.4, 0.5) is 10.2 Å². The van der Waals surface area contributed by atoms with Crippen molar-refractivity contribution in [3.63, 3.8) is 0 Å². The first-order valence-corrected chi connectivity index (χ1v) is 9.39. The Hall–Kier alpha value is -2.74. The molecule has 2 atom stereocenters. The van der Waals surface area contributed by atoms with E-state index in [1.165, 1.54) is 13.2 Å². The molecule has 0 radical (unpaired) electrons. The molecule has 1 aliphatic heterocycles. The van der Waals surface area contributed by atoms with Gasteiger partial charge < -0.3 is 19.9 Å². The third kappa shape index (κ3) is 3.07. The minimum Gasteiger partial charge on any atom is -0.497 e. The highest BCUT2D eigenvalue weighted by Gasteiger charge is 2.30. The minimum absolute atomic E-state index is 0.155. The van der Waals surface area contributed by atoms with Gasteiger partial charge >= 0.3 is 0 Å². The highest BCUT2D eigenvalue weighted by Crippen LogP contribution is 2.39. The predicted molar refractivity (Wildman–Crippen MR) is 105 cm³/mol. The summed E-state index contributed by atoms with van der Waals surface area (Å²) in [5.41, 5.74) is 7.98. The standard InChI is InChI=1S/C20H24FN5O2/c1-10-7-13(22)5-6-26(10)19-17(20-23-12(3)25-28-20)11(2)15-8-14(27-4)9-16(21)18(15)24-19/h8-10,13H,5-7,22H2,1-4H3. The lowest BCUT2D eigenvalue weighted by atomic mass is 9.96. The van der Waals surface area contributed by atoms with E-state index in [-0.39, 0.29) is 12.1 Å². The lowest BCUT2D eigenvalue weighted by molar-refractivity contribution is 0.412. The van der Waals surface area contributed by atoms with Crippen LogP contribution in [0, 0.1) is 19.7 Å². The van der Waals surface area contributed by atoms with Crippen molar-refractivity contribution in [2.75, 3.05) is 18.6 Å². The van der Waals surface area contributed by atoms with Gasteiger partial charge in [0.2, 0.25) is 0 Å². The molecule has 28 heavy (non-hydrogen) atoms. The van der Waals surface area contributed by atoms with Crippen LogP contribution < -0.4 is 15.4 Å². The fourth-order valence-corrected chi connectivity index (χ4v) is 3.94. The average Bonchev–Trinajstić information content (AvgIpc) is 3.08. The summed E-state index contributed by atoms with van der Waals surface area (Å²) in [6.07, 6.45) is 1.68. The first-order valence-electron chi connectivity index (χ1n) is 9.39.